The van der Waals surface area contributed by atoms with E-state index in [1.807, 2.05) is 11.3 Å². The molecule has 2 aliphatic rings. The van der Waals surface area contributed by atoms with Crippen LogP contribution in [0.4, 0.5) is 5.13 Å². The van der Waals surface area contributed by atoms with Gasteiger partial charge in [0.2, 0.25) is 0 Å². The van der Waals surface area contributed by atoms with Crippen LogP contribution in [-0.4, -0.2) is 48.6 Å². The van der Waals surface area contributed by atoms with Gasteiger partial charge in [-0.2, -0.15) is 0 Å². The first-order valence-electron chi connectivity index (χ1n) is 8.01. The molecule has 2 fully saturated rings. The molecule has 2 saturated heterocycles. The number of thiazole rings is 1. The van der Waals surface area contributed by atoms with E-state index in [9.17, 15) is 0 Å². The fraction of sp³-hybridized carbons (Fsp3) is 0.800. The summed E-state index contributed by atoms with van der Waals surface area (Å²) in [4.78, 5) is 11.2. The Morgan fingerprint density at radius 1 is 1.35 bits per heavy atom. The van der Waals surface area contributed by atoms with Gasteiger partial charge in [-0.3, -0.25) is 4.90 Å². The van der Waals surface area contributed by atoms with Gasteiger partial charge in [0.25, 0.3) is 0 Å². The van der Waals surface area contributed by atoms with Gasteiger partial charge in [0.15, 0.2) is 5.13 Å². The molecule has 20 heavy (non-hydrogen) atoms. The predicted molar refractivity (Wildman–Crippen MR) is 85.5 cm³/mol. The molecule has 112 valence electrons. The Hall–Kier alpha value is -0.650. The van der Waals surface area contributed by atoms with Crippen LogP contribution in [-0.2, 0) is 6.54 Å². The van der Waals surface area contributed by atoms with Crippen molar-refractivity contribution in [2.24, 2.45) is 0 Å². The molecule has 0 amide bonds. The first-order valence-corrected chi connectivity index (χ1v) is 8.83. The smallest absolute Gasteiger partial charge is 0.185 e. The molecule has 1 aromatic rings. The average molecular weight is 294 g/mol. The van der Waals surface area contributed by atoms with Crippen LogP contribution >= 0.6 is 11.3 Å². The predicted octanol–water partition coefficient (Wildman–Crippen LogP) is 2.32. The molecular formula is C15H26N4S. The molecule has 0 radical (unpaired) electrons. The molecular weight excluding hydrogens is 268 g/mol. The third-order valence-corrected chi connectivity index (χ3v) is 5.40. The van der Waals surface area contributed by atoms with Crippen molar-refractivity contribution < 1.29 is 0 Å². The lowest BCUT2D eigenvalue weighted by Crippen LogP contribution is -2.36. The first kappa shape index (κ1) is 14.3. The summed E-state index contributed by atoms with van der Waals surface area (Å²) in [5.41, 5.74) is 0. The number of nitrogens with one attached hydrogen (secondary N) is 1. The van der Waals surface area contributed by atoms with Crippen molar-refractivity contribution in [3.05, 3.63) is 11.1 Å². The van der Waals surface area contributed by atoms with Crippen molar-refractivity contribution in [1.82, 2.24) is 15.2 Å². The van der Waals surface area contributed by atoms with Crippen LogP contribution in [0.1, 0.15) is 37.5 Å². The minimum Gasteiger partial charge on any atom is -0.346 e. The van der Waals surface area contributed by atoms with Crippen molar-refractivity contribution in [1.29, 1.82) is 0 Å². The fourth-order valence-electron chi connectivity index (χ4n) is 3.29. The lowest BCUT2D eigenvalue weighted by atomic mass is 10.2. The fourth-order valence-corrected chi connectivity index (χ4v) is 4.21. The SMILES string of the molecule is CCCNCc1cnc(N2CCCN3CCCC3C2)s1. The molecule has 1 aromatic heterocycles. The zero-order chi connectivity index (χ0) is 13.8. The van der Waals surface area contributed by atoms with Crippen molar-refractivity contribution >= 4 is 16.5 Å². The highest BCUT2D eigenvalue weighted by Crippen LogP contribution is 2.28. The van der Waals surface area contributed by atoms with Gasteiger partial charge in [0.1, 0.15) is 0 Å². The lowest BCUT2D eigenvalue weighted by Gasteiger charge is -2.25. The van der Waals surface area contributed by atoms with Gasteiger partial charge in [-0.15, -0.1) is 11.3 Å². The maximum atomic E-state index is 4.66. The number of nitrogens with zero attached hydrogens (tertiary/aromatic N) is 3. The monoisotopic (exact) mass is 294 g/mol. The highest BCUT2D eigenvalue weighted by molar-refractivity contribution is 7.15. The molecule has 1 N–H and O–H groups in total. The summed E-state index contributed by atoms with van der Waals surface area (Å²) in [7, 11) is 0. The van der Waals surface area contributed by atoms with E-state index in [0.29, 0.717) is 0 Å². The maximum Gasteiger partial charge on any atom is 0.185 e. The summed E-state index contributed by atoms with van der Waals surface area (Å²) < 4.78 is 0. The second-order valence-electron chi connectivity index (χ2n) is 5.92. The number of aromatic nitrogens is 1. The van der Waals surface area contributed by atoms with Crippen molar-refractivity contribution in [2.45, 2.75) is 45.2 Å². The zero-order valence-electron chi connectivity index (χ0n) is 12.5. The van der Waals surface area contributed by atoms with Gasteiger partial charge in [-0.1, -0.05) is 6.92 Å². The highest BCUT2D eigenvalue weighted by Gasteiger charge is 2.29. The number of fused-ring (bicyclic) bond motifs is 1. The summed E-state index contributed by atoms with van der Waals surface area (Å²) in [6.07, 6.45) is 7.27. The minimum atomic E-state index is 0.767. The molecule has 1 atom stereocenters. The molecule has 5 heteroatoms. The average Bonchev–Trinajstić information content (AvgIpc) is 3.05. The third kappa shape index (κ3) is 3.32. The van der Waals surface area contributed by atoms with Crippen LogP contribution in [0.2, 0.25) is 0 Å². The molecule has 0 aromatic carbocycles. The standard InChI is InChI=1S/C15H26N4S/c1-2-6-16-10-14-11-17-15(20-14)19-9-4-8-18-7-3-5-13(18)12-19/h11,13,16H,2-10,12H2,1H3. The summed E-state index contributed by atoms with van der Waals surface area (Å²) in [6.45, 7) is 9.19. The molecule has 0 bridgehead atoms. The van der Waals surface area contributed by atoms with E-state index in [0.717, 1.165) is 19.1 Å². The summed E-state index contributed by atoms with van der Waals surface area (Å²) in [5.74, 6) is 0. The van der Waals surface area contributed by atoms with Crippen LogP contribution in [0.3, 0.4) is 0 Å². The molecule has 0 spiro atoms. The molecule has 0 aliphatic carbocycles. The van der Waals surface area contributed by atoms with E-state index in [1.54, 1.807) is 0 Å². The lowest BCUT2D eigenvalue weighted by molar-refractivity contribution is 0.273. The number of rotatable bonds is 5. The zero-order valence-corrected chi connectivity index (χ0v) is 13.3. The van der Waals surface area contributed by atoms with Crippen LogP contribution < -0.4 is 10.2 Å². The maximum absolute atomic E-state index is 4.66. The number of hydrogen-bond donors (Lipinski definition) is 1. The van der Waals surface area contributed by atoms with E-state index in [1.165, 1.54) is 61.9 Å². The Morgan fingerprint density at radius 3 is 3.15 bits per heavy atom. The number of hydrogen-bond acceptors (Lipinski definition) is 5. The van der Waals surface area contributed by atoms with Gasteiger partial charge in [-0.05, 0) is 38.8 Å². The normalized spacial score (nSPS) is 23.9. The molecule has 1 unspecified atom stereocenters. The largest absolute Gasteiger partial charge is 0.346 e. The Kier molecular flexibility index (Phi) is 4.91. The second kappa shape index (κ2) is 6.87. The van der Waals surface area contributed by atoms with Crippen molar-refractivity contribution in [2.75, 3.05) is 37.6 Å². The minimum absolute atomic E-state index is 0.767. The Labute approximate surface area is 126 Å². The van der Waals surface area contributed by atoms with Crippen molar-refractivity contribution in [3.63, 3.8) is 0 Å². The van der Waals surface area contributed by atoms with Gasteiger partial charge in [0, 0.05) is 43.3 Å². The molecule has 2 aliphatic heterocycles. The molecule has 4 nitrogen and oxygen atoms in total. The van der Waals surface area contributed by atoms with Crippen LogP contribution in [0.5, 0.6) is 0 Å². The Bertz CT molecular complexity index is 420. The number of anilines is 1. The summed E-state index contributed by atoms with van der Waals surface area (Å²) in [6, 6.07) is 0.767. The quantitative estimate of drug-likeness (QED) is 0.845. The van der Waals surface area contributed by atoms with E-state index < -0.39 is 0 Å². The highest BCUT2D eigenvalue weighted by atomic mass is 32.1. The van der Waals surface area contributed by atoms with E-state index in [4.69, 9.17) is 0 Å². The van der Waals surface area contributed by atoms with Gasteiger partial charge in [0.05, 0.1) is 0 Å². The topological polar surface area (TPSA) is 31.4 Å². The second-order valence-corrected chi connectivity index (χ2v) is 7.01. The van der Waals surface area contributed by atoms with E-state index >= 15 is 0 Å². The first-order chi connectivity index (χ1) is 9.86. The van der Waals surface area contributed by atoms with Crippen LogP contribution in [0.15, 0.2) is 6.20 Å². The molecule has 3 rings (SSSR count). The van der Waals surface area contributed by atoms with Gasteiger partial charge >= 0.3 is 0 Å². The van der Waals surface area contributed by atoms with Crippen LogP contribution in [0.25, 0.3) is 0 Å². The Balaban J connectivity index is 1.60. The van der Waals surface area contributed by atoms with Crippen molar-refractivity contribution in [3.8, 4) is 0 Å². The van der Waals surface area contributed by atoms with Gasteiger partial charge < -0.3 is 10.2 Å². The Morgan fingerprint density at radius 2 is 2.25 bits per heavy atom. The summed E-state index contributed by atoms with van der Waals surface area (Å²) in [5, 5.41) is 4.69. The molecule has 3 heterocycles. The molecule has 0 saturated carbocycles. The van der Waals surface area contributed by atoms with Crippen LogP contribution in [0, 0.1) is 0 Å². The van der Waals surface area contributed by atoms with E-state index in [-0.39, 0.29) is 0 Å². The third-order valence-electron chi connectivity index (χ3n) is 4.34. The van der Waals surface area contributed by atoms with Gasteiger partial charge in [-0.25, -0.2) is 4.98 Å². The van der Waals surface area contributed by atoms with E-state index in [2.05, 4.69) is 33.2 Å². The summed E-state index contributed by atoms with van der Waals surface area (Å²) >= 11 is 1.87.